The summed E-state index contributed by atoms with van der Waals surface area (Å²) in [5.41, 5.74) is 5.53. The zero-order valence-electron chi connectivity index (χ0n) is 32.7. The van der Waals surface area contributed by atoms with E-state index in [0.717, 1.165) is 22.3 Å². The third-order valence-electron chi connectivity index (χ3n) is 8.98. The van der Waals surface area contributed by atoms with Gasteiger partial charge in [-0.3, -0.25) is 21.3 Å². The molecule has 0 aromatic heterocycles. The minimum Gasteiger partial charge on any atom is -0.508 e. The molecule has 0 saturated carbocycles. The maximum Gasteiger partial charge on any atom is 0.417 e. The van der Waals surface area contributed by atoms with E-state index in [1.54, 1.807) is 91.0 Å². The first-order chi connectivity index (χ1) is 30.1. The summed E-state index contributed by atoms with van der Waals surface area (Å²) < 4.78 is 21.5. The minimum absolute atomic E-state index is 0.0212. The molecule has 0 aliphatic rings. The fourth-order valence-corrected chi connectivity index (χ4v) is 6.13. The first-order valence-electron chi connectivity index (χ1n) is 19.1. The maximum absolute atomic E-state index is 12.8. The molecule has 0 unspecified atom stereocenters. The molecule has 62 heavy (non-hydrogen) atoms. The van der Waals surface area contributed by atoms with E-state index in [0.29, 0.717) is 35.6 Å². The molecule has 310 valence electrons. The Balaban J connectivity index is 0.867. The van der Waals surface area contributed by atoms with Gasteiger partial charge in [-0.05, 0) is 108 Å². The molecule has 0 radical (unpaired) electrons. The van der Waals surface area contributed by atoms with Crippen LogP contribution in [0.15, 0.2) is 170 Å². The molecule has 14 nitrogen and oxygen atoms in total. The van der Waals surface area contributed by atoms with Crippen LogP contribution < -0.4 is 40.2 Å². The highest BCUT2D eigenvalue weighted by molar-refractivity contribution is 5.89. The highest BCUT2D eigenvalue weighted by Crippen LogP contribution is 2.26. The Bertz CT molecular complexity index is 2520. The average Bonchev–Trinajstić information content (AvgIpc) is 3.24. The molecule has 0 aliphatic carbocycles. The van der Waals surface area contributed by atoms with Gasteiger partial charge in [-0.1, -0.05) is 78.9 Å². The molecule has 6 N–H and O–H groups in total. The molecule has 7 aromatic carbocycles. The lowest BCUT2D eigenvalue weighted by Crippen LogP contribution is -2.18. The summed E-state index contributed by atoms with van der Waals surface area (Å²) in [7, 11) is 0. The second kappa shape index (κ2) is 19.8. The second-order valence-electron chi connectivity index (χ2n) is 13.6. The maximum atomic E-state index is 12.8. The number of nitrogens with one attached hydrogen (secondary N) is 4. The third-order valence-corrected chi connectivity index (χ3v) is 8.98. The van der Waals surface area contributed by atoms with Crippen molar-refractivity contribution in [1.82, 2.24) is 0 Å². The predicted octanol–water partition coefficient (Wildman–Crippen LogP) is 10.7. The molecule has 0 spiro atoms. The Morgan fingerprint density at radius 1 is 0.371 bits per heavy atom. The van der Waals surface area contributed by atoms with E-state index in [-0.39, 0.29) is 34.5 Å². The Kier molecular flexibility index (Phi) is 13.2. The Hall–Kier alpha value is -8.78. The number of carbonyl (C=O) groups is 4. The van der Waals surface area contributed by atoms with Gasteiger partial charge in [-0.15, -0.1) is 0 Å². The zero-order chi connectivity index (χ0) is 43.3. The molecule has 4 amide bonds. The van der Waals surface area contributed by atoms with Crippen molar-refractivity contribution < 1.29 is 48.3 Å². The number of hydrogen-bond donors (Lipinski definition) is 6. The monoisotopic (exact) mass is 830 g/mol. The van der Waals surface area contributed by atoms with Gasteiger partial charge in [0.1, 0.15) is 34.5 Å². The molecule has 0 fully saturated rings. The Labute approximate surface area is 355 Å². The lowest BCUT2D eigenvalue weighted by molar-refractivity contribution is 0.212. The number of ether oxygens (including phenoxy) is 4. The van der Waals surface area contributed by atoms with Gasteiger partial charge < -0.3 is 29.2 Å². The summed E-state index contributed by atoms with van der Waals surface area (Å²) in [5.74, 6) is 0.644. The van der Waals surface area contributed by atoms with Crippen molar-refractivity contribution in [3.63, 3.8) is 0 Å². The predicted molar refractivity (Wildman–Crippen MR) is 233 cm³/mol. The lowest BCUT2D eigenvalue weighted by Gasteiger charge is -2.12. The van der Waals surface area contributed by atoms with Crippen LogP contribution in [0.25, 0.3) is 0 Å². The van der Waals surface area contributed by atoms with E-state index in [1.807, 2.05) is 48.5 Å². The van der Waals surface area contributed by atoms with Gasteiger partial charge in [0.25, 0.3) is 0 Å². The van der Waals surface area contributed by atoms with Crippen LogP contribution in [0.1, 0.15) is 22.3 Å². The number of anilines is 4. The minimum atomic E-state index is -0.758. The standard InChI is InChI=1S/C48H38N4O10/c53-37-10-5-12-39(28-37)59-47(57)51-43-16-3-1-8-33(43)26-31-18-22-35(23-19-31)49-45(55)61-41-14-7-15-42(30-41)62-46(56)50-36-24-20-32(21-25-36)27-34-9-2-4-17-44(34)52-48(58)60-40-13-6-11-38(54)29-40/h1-25,28-30,53-54H,26-27H2,(H,49,55)(H,50,56)(H,51,57)(H,52,58). The SMILES string of the molecule is O=C(Nc1ccc(Cc2ccccc2NC(=O)Oc2cccc(O)c2)cc1)Oc1cccc(OC(=O)Nc2ccc(Cc3ccccc3NC(=O)Oc3cccc(O)c3)cc2)c1. The number of phenolic OH excluding ortho intramolecular Hbond substituents is 2. The number of hydrogen-bond acceptors (Lipinski definition) is 10. The molecule has 7 aromatic rings. The van der Waals surface area contributed by atoms with Gasteiger partial charge in [0.2, 0.25) is 0 Å². The normalized spacial score (nSPS) is 10.5. The number of aromatic hydroxyl groups is 2. The quantitative estimate of drug-likeness (QED) is 0.0690. The van der Waals surface area contributed by atoms with Crippen molar-refractivity contribution in [3.05, 3.63) is 192 Å². The van der Waals surface area contributed by atoms with Crippen LogP contribution in [0.4, 0.5) is 41.9 Å². The molecule has 14 heteroatoms. The summed E-state index contributed by atoms with van der Waals surface area (Å²) in [5, 5.41) is 30.1. The number of carbonyl (C=O) groups excluding carboxylic acids is 4. The van der Waals surface area contributed by atoms with Gasteiger partial charge in [0.05, 0.1) is 0 Å². The highest BCUT2D eigenvalue weighted by atomic mass is 16.6. The summed E-state index contributed by atoms with van der Waals surface area (Å²) in [6.45, 7) is 0. The molecule has 0 heterocycles. The molecular formula is C48H38N4O10. The molecule has 0 atom stereocenters. The number of benzene rings is 7. The van der Waals surface area contributed by atoms with Gasteiger partial charge in [0.15, 0.2) is 0 Å². The fraction of sp³-hybridized carbons (Fsp3) is 0.0417. The average molecular weight is 831 g/mol. The van der Waals surface area contributed by atoms with Crippen LogP contribution >= 0.6 is 0 Å². The summed E-state index contributed by atoms with van der Waals surface area (Å²) in [6, 6.07) is 46.7. The van der Waals surface area contributed by atoms with Crippen LogP contribution in [0.3, 0.4) is 0 Å². The van der Waals surface area contributed by atoms with Crippen molar-refractivity contribution in [2.24, 2.45) is 0 Å². The zero-order valence-corrected chi connectivity index (χ0v) is 32.7. The Morgan fingerprint density at radius 3 is 1.10 bits per heavy atom. The summed E-state index contributed by atoms with van der Waals surface area (Å²) in [4.78, 5) is 50.6. The number of para-hydroxylation sites is 2. The van der Waals surface area contributed by atoms with Crippen molar-refractivity contribution in [3.8, 4) is 34.5 Å². The molecular weight excluding hydrogens is 793 g/mol. The van der Waals surface area contributed by atoms with Gasteiger partial charge >= 0.3 is 24.4 Å². The van der Waals surface area contributed by atoms with Crippen LogP contribution in [0.5, 0.6) is 34.5 Å². The number of amides is 4. The van der Waals surface area contributed by atoms with E-state index in [4.69, 9.17) is 18.9 Å². The van der Waals surface area contributed by atoms with Crippen molar-refractivity contribution in [2.45, 2.75) is 12.8 Å². The van der Waals surface area contributed by atoms with Crippen LogP contribution in [0.2, 0.25) is 0 Å². The lowest BCUT2D eigenvalue weighted by atomic mass is 10.0. The third kappa shape index (κ3) is 12.1. The first kappa shape index (κ1) is 41.4. The number of phenols is 2. The molecule has 7 rings (SSSR count). The number of rotatable bonds is 12. The van der Waals surface area contributed by atoms with E-state index < -0.39 is 24.4 Å². The van der Waals surface area contributed by atoms with Gasteiger partial charge in [-0.25, -0.2) is 19.2 Å². The van der Waals surface area contributed by atoms with E-state index in [2.05, 4.69) is 21.3 Å². The highest BCUT2D eigenvalue weighted by Gasteiger charge is 2.14. The van der Waals surface area contributed by atoms with Crippen LogP contribution in [-0.2, 0) is 12.8 Å². The van der Waals surface area contributed by atoms with E-state index in [1.165, 1.54) is 30.3 Å². The topological polar surface area (TPSA) is 194 Å². The van der Waals surface area contributed by atoms with Gasteiger partial charge in [-0.2, -0.15) is 0 Å². The second-order valence-corrected chi connectivity index (χ2v) is 13.6. The van der Waals surface area contributed by atoms with Crippen LogP contribution in [0, 0.1) is 0 Å². The Morgan fingerprint density at radius 2 is 0.710 bits per heavy atom. The molecule has 0 bridgehead atoms. The molecule has 0 saturated heterocycles. The van der Waals surface area contributed by atoms with Crippen molar-refractivity contribution in [1.29, 1.82) is 0 Å². The van der Waals surface area contributed by atoms with Crippen LogP contribution in [-0.4, -0.2) is 34.6 Å². The summed E-state index contributed by atoms with van der Waals surface area (Å²) >= 11 is 0. The summed E-state index contributed by atoms with van der Waals surface area (Å²) in [6.07, 6.45) is -1.98. The van der Waals surface area contributed by atoms with Crippen molar-refractivity contribution in [2.75, 3.05) is 21.3 Å². The smallest absolute Gasteiger partial charge is 0.417 e. The van der Waals surface area contributed by atoms with E-state index >= 15 is 0 Å². The fourth-order valence-electron chi connectivity index (χ4n) is 6.13. The van der Waals surface area contributed by atoms with Crippen molar-refractivity contribution >= 4 is 47.1 Å². The first-order valence-corrected chi connectivity index (χ1v) is 19.1. The van der Waals surface area contributed by atoms with E-state index in [9.17, 15) is 29.4 Å². The molecule has 0 aliphatic heterocycles. The van der Waals surface area contributed by atoms with Gasteiger partial charge in [0, 0.05) is 40.9 Å². The largest absolute Gasteiger partial charge is 0.508 e.